The van der Waals surface area contributed by atoms with Crippen LogP contribution < -0.4 is 0 Å². The summed E-state index contributed by atoms with van der Waals surface area (Å²) in [5.41, 5.74) is 8.83. The van der Waals surface area contributed by atoms with Crippen LogP contribution in [0.2, 0.25) is 5.02 Å². The molecular formula is C39H43ClFN5O4. The molecule has 0 saturated carbocycles. The Morgan fingerprint density at radius 2 is 1.76 bits per heavy atom. The Morgan fingerprint density at radius 3 is 2.50 bits per heavy atom. The largest absolute Gasteiger partial charge is 0.507 e. The molecule has 0 aliphatic carbocycles. The van der Waals surface area contributed by atoms with Gasteiger partial charge in [-0.1, -0.05) is 23.7 Å². The minimum absolute atomic E-state index is 0.0139. The maximum atomic E-state index is 13.8. The molecule has 2 N–H and O–H groups in total. The topological polar surface area (TPSA) is 107 Å². The lowest BCUT2D eigenvalue weighted by molar-refractivity contribution is 0.0587. The van der Waals surface area contributed by atoms with Gasteiger partial charge in [0, 0.05) is 48.8 Å². The molecule has 0 unspecified atom stereocenters. The van der Waals surface area contributed by atoms with E-state index in [1.54, 1.807) is 12.1 Å². The minimum atomic E-state index is -0.417. The molecule has 262 valence electrons. The van der Waals surface area contributed by atoms with Crippen LogP contribution in [0.15, 0.2) is 48.5 Å². The number of carbonyl (C=O) groups excluding carboxylic acids is 1. The molecule has 6 rings (SSSR count). The van der Waals surface area contributed by atoms with Crippen LogP contribution in [-0.2, 0) is 50.6 Å². The number of carbonyl (C=O) groups is 1. The van der Waals surface area contributed by atoms with Crippen molar-refractivity contribution in [1.29, 1.82) is 0 Å². The Morgan fingerprint density at radius 1 is 0.980 bits per heavy atom. The van der Waals surface area contributed by atoms with Gasteiger partial charge in [0.15, 0.2) is 0 Å². The van der Waals surface area contributed by atoms with E-state index < -0.39 is 5.97 Å². The summed E-state index contributed by atoms with van der Waals surface area (Å²) in [7, 11) is 3.32. The first-order chi connectivity index (χ1) is 24.1. The number of nitrogens with zero attached hydrogens (tertiary/aromatic N) is 5. The van der Waals surface area contributed by atoms with Gasteiger partial charge in [0.25, 0.3) is 0 Å². The highest BCUT2D eigenvalue weighted by atomic mass is 35.5. The number of phenols is 1. The van der Waals surface area contributed by atoms with Gasteiger partial charge in [-0.15, -0.1) is 0 Å². The van der Waals surface area contributed by atoms with Crippen molar-refractivity contribution in [2.45, 2.75) is 72.4 Å². The maximum absolute atomic E-state index is 13.8. The molecule has 0 aliphatic heterocycles. The number of hydrogen-bond acceptors (Lipinski definition) is 6. The van der Waals surface area contributed by atoms with Crippen LogP contribution in [0, 0.1) is 19.7 Å². The molecule has 0 fully saturated rings. The number of rotatable bonds is 13. The first kappa shape index (κ1) is 35.2. The number of benzene rings is 3. The van der Waals surface area contributed by atoms with Gasteiger partial charge < -0.3 is 19.5 Å². The molecule has 0 spiro atoms. The summed E-state index contributed by atoms with van der Waals surface area (Å²) < 4.78 is 24.9. The van der Waals surface area contributed by atoms with Crippen LogP contribution in [0.4, 0.5) is 4.39 Å². The van der Waals surface area contributed by atoms with Gasteiger partial charge in [0.2, 0.25) is 0 Å². The summed E-state index contributed by atoms with van der Waals surface area (Å²) in [6.45, 7) is 7.21. The number of hydrogen-bond donors (Lipinski definition) is 2. The number of esters is 1. The number of ether oxygens (including phenoxy) is 1. The summed E-state index contributed by atoms with van der Waals surface area (Å²) in [5, 5.41) is 32.6. The molecule has 50 heavy (non-hydrogen) atoms. The fraction of sp³-hybridized carbons (Fsp3) is 0.359. The lowest BCUT2D eigenvalue weighted by Gasteiger charge is -2.15. The van der Waals surface area contributed by atoms with E-state index in [1.165, 1.54) is 19.2 Å². The molecule has 3 heterocycles. The second kappa shape index (κ2) is 14.7. The van der Waals surface area contributed by atoms with Crippen molar-refractivity contribution in [1.82, 2.24) is 24.1 Å². The van der Waals surface area contributed by atoms with Crippen molar-refractivity contribution in [2.75, 3.05) is 13.7 Å². The molecule has 9 nitrogen and oxygen atoms in total. The van der Waals surface area contributed by atoms with Gasteiger partial charge in [-0.2, -0.15) is 10.2 Å². The lowest BCUT2D eigenvalue weighted by atomic mass is 10.00. The number of methoxy groups -OCH3 is 1. The highest BCUT2D eigenvalue weighted by Crippen LogP contribution is 2.42. The number of phenolic OH excluding ortho intramolecular Hbond substituents is 1. The SMILES string of the molecule is CCn1c(C(=O)OC)c(CCCO)c2ccc(Cl)c(-c3c(C)c(C)nn3CCCc3cc(CCc4cc(O)c5ccc(F)cc5c4)n(C)n3)c21. The summed E-state index contributed by atoms with van der Waals surface area (Å²) in [4.78, 5) is 13.1. The van der Waals surface area contributed by atoms with E-state index in [0.717, 1.165) is 75.2 Å². The second-order valence-electron chi connectivity index (χ2n) is 12.8. The van der Waals surface area contributed by atoms with Gasteiger partial charge in [-0.25, -0.2) is 9.18 Å². The molecule has 3 aromatic carbocycles. The van der Waals surface area contributed by atoms with Crippen molar-refractivity contribution >= 4 is 39.2 Å². The predicted octanol–water partition coefficient (Wildman–Crippen LogP) is 7.66. The monoisotopic (exact) mass is 699 g/mol. The molecule has 6 aromatic rings. The third kappa shape index (κ3) is 6.62. The number of aryl methyl sites for hydroxylation is 8. The van der Waals surface area contributed by atoms with Crippen LogP contribution >= 0.6 is 11.6 Å². The maximum Gasteiger partial charge on any atom is 0.354 e. The molecule has 11 heteroatoms. The summed E-state index contributed by atoms with van der Waals surface area (Å²) in [5.74, 6) is -0.595. The predicted molar refractivity (Wildman–Crippen MR) is 195 cm³/mol. The number of aromatic hydroxyl groups is 1. The van der Waals surface area contributed by atoms with E-state index in [0.29, 0.717) is 53.8 Å². The molecule has 0 bridgehead atoms. The highest BCUT2D eigenvalue weighted by Gasteiger charge is 2.28. The summed E-state index contributed by atoms with van der Waals surface area (Å²) in [6, 6.07) is 14.0. The van der Waals surface area contributed by atoms with Crippen LogP contribution in [0.25, 0.3) is 32.9 Å². The van der Waals surface area contributed by atoms with Crippen LogP contribution in [0.5, 0.6) is 5.75 Å². The molecular weight excluding hydrogens is 657 g/mol. The van der Waals surface area contributed by atoms with Gasteiger partial charge in [0.05, 0.1) is 34.7 Å². The number of aliphatic hydroxyl groups excluding tert-OH is 1. The average molecular weight is 700 g/mol. The molecule has 0 radical (unpaired) electrons. The Kier molecular flexibility index (Phi) is 10.3. The zero-order chi connectivity index (χ0) is 35.7. The third-order valence-corrected chi connectivity index (χ3v) is 9.99. The Bertz CT molecular complexity index is 2220. The van der Waals surface area contributed by atoms with Crippen molar-refractivity contribution in [3.05, 3.63) is 98.8 Å². The van der Waals surface area contributed by atoms with Gasteiger partial charge >= 0.3 is 5.97 Å². The fourth-order valence-electron chi connectivity index (χ4n) is 7.16. The number of aromatic nitrogens is 5. The Hall–Kier alpha value is -4.67. The van der Waals surface area contributed by atoms with E-state index in [2.05, 4.69) is 6.07 Å². The molecule has 0 saturated heterocycles. The molecule has 0 aliphatic rings. The average Bonchev–Trinajstić information content (AvgIpc) is 3.71. The fourth-order valence-corrected chi connectivity index (χ4v) is 7.40. The highest BCUT2D eigenvalue weighted by molar-refractivity contribution is 6.35. The third-order valence-electron chi connectivity index (χ3n) is 9.67. The van der Waals surface area contributed by atoms with Crippen molar-refractivity contribution in [2.24, 2.45) is 7.05 Å². The number of fused-ring (bicyclic) bond motifs is 2. The van der Waals surface area contributed by atoms with E-state index >= 15 is 0 Å². The van der Waals surface area contributed by atoms with E-state index in [9.17, 15) is 19.4 Å². The standard InChI is InChI=1S/C39H43ClFN5O4/c1-6-45-37-32(31(10-8-18-47)38(45)39(49)50-5)15-16-33(40)35(37)36-23(2)24(3)42-46(36)17-7-9-28-22-29(44(4)43-28)13-11-25-19-26-21-27(41)12-14-30(26)34(48)20-25/h12,14-16,19-22,47-48H,6-11,13,17-18H2,1-5H3. The number of aliphatic hydroxyl groups is 1. The van der Waals surface area contributed by atoms with Crippen LogP contribution in [-0.4, -0.2) is 54.0 Å². The molecule has 3 aromatic heterocycles. The van der Waals surface area contributed by atoms with Gasteiger partial charge in [-0.3, -0.25) is 9.36 Å². The van der Waals surface area contributed by atoms with E-state index in [1.807, 2.05) is 59.9 Å². The lowest BCUT2D eigenvalue weighted by Crippen LogP contribution is -2.13. The minimum Gasteiger partial charge on any atom is -0.507 e. The van der Waals surface area contributed by atoms with E-state index in [4.69, 9.17) is 26.5 Å². The van der Waals surface area contributed by atoms with Gasteiger partial charge in [-0.05, 0) is 118 Å². The zero-order valence-corrected chi connectivity index (χ0v) is 29.9. The van der Waals surface area contributed by atoms with Crippen molar-refractivity contribution in [3.63, 3.8) is 0 Å². The molecule has 0 atom stereocenters. The smallest absolute Gasteiger partial charge is 0.354 e. The van der Waals surface area contributed by atoms with Crippen molar-refractivity contribution in [3.8, 4) is 17.0 Å². The number of halogens is 2. The first-order valence-electron chi connectivity index (χ1n) is 17.1. The Balaban J connectivity index is 1.25. The second-order valence-corrected chi connectivity index (χ2v) is 13.2. The summed E-state index contributed by atoms with van der Waals surface area (Å²) >= 11 is 7.01. The normalized spacial score (nSPS) is 11.7. The van der Waals surface area contributed by atoms with Gasteiger partial charge in [0.1, 0.15) is 17.3 Å². The Labute approximate surface area is 295 Å². The zero-order valence-electron chi connectivity index (χ0n) is 29.2. The summed E-state index contributed by atoms with van der Waals surface area (Å²) in [6.07, 6.45) is 3.97. The van der Waals surface area contributed by atoms with Crippen LogP contribution in [0.3, 0.4) is 0 Å². The van der Waals surface area contributed by atoms with Crippen molar-refractivity contribution < 1.29 is 24.1 Å². The molecule has 0 amide bonds. The van der Waals surface area contributed by atoms with Crippen LogP contribution in [0.1, 0.15) is 64.0 Å². The first-order valence-corrected chi connectivity index (χ1v) is 17.4. The quantitative estimate of drug-likeness (QED) is 0.120. The van der Waals surface area contributed by atoms with E-state index in [-0.39, 0.29) is 18.2 Å².